The number of aryl methyl sites for hydroxylation is 1. The number of nitrogens with one attached hydrogen (secondary N) is 1. The largest absolute Gasteiger partial charge is 0.381 e. The minimum Gasteiger partial charge on any atom is -0.381 e. The Bertz CT molecular complexity index is 442. The Labute approximate surface area is 112 Å². The summed E-state index contributed by atoms with van der Waals surface area (Å²) in [5.41, 5.74) is -0.225. The molecule has 0 aromatic carbocycles. The van der Waals surface area contributed by atoms with Crippen LogP contribution in [0.3, 0.4) is 0 Å². The first-order valence-electron chi connectivity index (χ1n) is 6.57. The Morgan fingerprint density at radius 2 is 2.05 bits per heavy atom. The van der Waals surface area contributed by atoms with Gasteiger partial charge in [-0.3, -0.25) is 0 Å². The lowest BCUT2D eigenvalue weighted by Gasteiger charge is -2.35. The summed E-state index contributed by atoms with van der Waals surface area (Å²) in [6.07, 6.45) is 1.38. The van der Waals surface area contributed by atoms with Gasteiger partial charge in [0.05, 0.1) is 5.69 Å². The molecule has 6 heteroatoms. The summed E-state index contributed by atoms with van der Waals surface area (Å²) in [6, 6.07) is 0. The molecule has 0 amide bonds. The zero-order valence-corrected chi connectivity index (χ0v) is 11.6. The van der Waals surface area contributed by atoms with Gasteiger partial charge in [0.1, 0.15) is 5.60 Å². The molecule has 0 unspecified atom stereocenters. The molecule has 0 spiro atoms. The number of aromatic nitrogens is 2. The first-order chi connectivity index (χ1) is 9.13. The highest BCUT2D eigenvalue weighted by atomic mass is 19.1. The van der Waals surface area contributed by atoms with Crippen LogP contribution in [0.4, 0.5) is 10.2 Å². The summed E-state index contributed by atoms with van der Waals surface area (Å²) >= 11 is 0. The van der Waals surface area contributed by atoms with Crippen LogP contribution < -0.4 is 5.32 Å². The van der Waals surface area contributed by atoms with E-state index in [1.165, 1.54) is 0 Å². The minimum atomic E-state index is -0.558. The van der Waals surface area contributed by atoms with Gasteiger partial charge < -0.3 is 14.8 Å². The minimum absolute atomic E-state index is 0.216. The average molecular weight is 269 g/mol. The Morgan fingerprint density at radius 3 is 2.63 bits per heavy atom. The zero-order chi connectivity index (χ0) is 13.9. The Balaban J connectivity index is 2.44. The number of rotatable bonds is 4. The van der Waals surface area contributed by atoms with Gasteiger partial charge in [0.25, 0.3) is 0 Å². The van der Waals surface area contributed by atoms with Gasteiger partial charge >= 0.3 is 0 Å². The summed E-state index contributed by atoms with van der Waals surface area (Å²) < 4.78 is 25.1. The summed E-state index contributed by atoms with van der Waals surface area (Å²) in [5.74, 6) is 0.346. The predicted molar refractivity (Wildman–Crippen MR) is 69.6 cm³/mol. The maximum atomic E-state index is 13.8. The molecule has 0 aliphatic carbocycles. The summed E-state index contributed by atoms with van der Waals surface area (Å²) in [4.78, 5) is 8.58. The number of hydrogen-bond donors (Lipinski definition) is 1. The average Bonchev–Trinajstić information content (AvgIpc) is 2.43. The van der Waals surface area contributed by atoms with Gasteiger partial charge in [-0.1, -0.05) is 0 Å². The van der Waals surface area contributed by atoms with E-state index in [9.17, 15) is 4.39 Å². The summed E-state index contributed by atoms with van der Waals surface area (Å²) in [5, 5.41) is 2.76. The second-order valence-electron chi connectivity index (χ2n) is 4.58. The molecular formula is C13H20FN3O2. The van der Waals surface area contributed by atoms with Crippen LogP contribution in [0.15, 0.2) is 0 Å². The molecule has 0 bridgehead atoms. The van der Waals surface area contributed by atoms with Gasteiger partial charge in [0.2, 0.25) is 0 Å². The van der Waals surface area contributed by atoms with Gasteiger partial charge in [-0.15, -0.1) is 0 Å². The lowest BCUT2D eigenvalue weighted by molar-refractivity contribution is -0.117. The SMILES string of the molecule is CCOC1(c2nc(C)c(F)c(NC)n2)CCOCC1. The van der Waals surface area contributed by atoms with Crippen molar-refractivity contribution in [2.24, 2.45) is 0 Å². The molecule has 1 saturated heterocycles. The van der Waals surface area contributed by atoms with E-state index >= 15 is 0 Å². The smallest absolute Gasteiger partial charge is 0.186 e. The van der Waals surface area contributed by atoms with Crippen molar-refractivity contribution < 1.29 is 13.9 Å². The van der Waals surface area contributed by atoms with Crippen molar-refractivity contribution >= 4 is 5.82 Å². The molecule has 5 nitrogen and oxygen atoms in total. The molecule has 0 saturated carbocycles. The molecule has 2 heterocycles. The molecular weight excluding hydrogens is 249 g/mol. The lowest BCUT2D eigenvalue weighted by Crippen LogP contribution is -2.38. The van der Waals surface area contributed by atoms with Crippen molar-refractivity contribution in [3.8, 4) is 0 Å². The molecule has 2 rings (SSSR count). The van der Waals surface area contributed by atoms with Crippen molar-refractivity contribution in [2.45, 2.75) is 32.3 Å². The van der Waals surface area contributed by atoms with Crippen LogP contribution in [0.5, 0.6) is 0 Å². The van der Waals surface area contributed by atoms with E-state index in [4.69, 9.17) is 9.47 Å². The van der Waals surface area contributed by atoms with Crippen molar-refractivity contribution in [1.29, 1.82) is 0 Å². The normalized spacial score (nSPS) is 18.3. The van der Waals surface area contributed by atoms with Crippen LogP contribution in [0.2, 0.25) is 0 Å². The van der Waals surface area contributed by atoms with Crippen molar-refractivity contribution in [3.05, 3.63) is 17.3 Å². The quantitative estimate of drug-likeness (QED) is 0.906. The number of nitrogens with zero attached hydrogens (tertiary/aromatic N) is 2. The highest BCUT2D eigenvalue weighted by Gasteiger charge is 2.39. The van der Waals surface area contributed by atoms with E-state index in [-0.39, 0.29) is 5.82 Å². The molecule has 106 valence electrons. The third-order valence-electron chi connectivity index (χ3n) is 3.38. The fourth-order valence-corrected chi connectivity index (χ4v) is 2.34. The first-order valence-corrected chi connectivity index (χ1v) is 6.57. The van der Waals surface area contributed by atoms with Crippen LogP contribution >= 0.6 is 0 Å². The van der Waals surface area contributed by atoms with Crippen LogP contribution in [-0.2, 0) is 15.1 Å². The highest BCUT2D eigenvalue weighted by molar-refractivity contribution is 5.38. The maximum Gasteiger partial charge on any atom is 0.186 e. The van der Waals surface area contributed by atoms with E-state index in [1.54, 1.807) is 14.0 Å². The van der Waals surface area contributed by atoms with E-state index in [1.807, 2.05) is 6.92 Å². The van der Waals surface area contributed by atoms with Crippen molar-refractivity contribution in [2.75, 3.05) is 32.2 Å². The number of anilines is 1. The van der Waals surface area contributed by atoms with E-state index < -0.39 is 11.4 Å². The molecule has 1 N–H and O–H groups in total. The molecule has 1 fully saturated rings. The Kier molecular flexibility index (Phi) is 4.31. The van der Waals surface area contributed by atoms with Crippen LogP contribution in [-0.4, -0.2) is 36.8 Å². The lowest BCUT2D eigenvalue weighted by atomic mass is 9.92. The standard InChI is InChI=1S/C13H20FN3O2/c1-4-19-13(5-7-18-8-6-13)12-16-9(2)10(14)11(15-3)17-12/h4-8H2,1-3H3,(H,15,16,17). The van der Waals surface area contributed by atoms with Crippen molar-refractivity contribution in [3.63, 3.8) is 0 Å². The van der Waals surface area contributed by atoms with Gasteiger partial charge in [0.15, 0.2) is 17.5 Å². The summed E-state index contributed by atoms with van der Waals surface area (Å²) in [6.45, 7) is 5.35. The monoisotopic (exact) mass is 269 g/mol. The van der Waals surface area contributed by atoms with Gasteiger partial charge in [-0.25, -0.2) is 14.4 Å². The predicted octanol–water partition coefficient (Wildman–Crippen LogP) is 2.01. The summed E-state index contributed by atoms with van der Waals surface area (Å²) in [7, 11) is 1.64. The second-order valence-corrected chi connectivity index (χ2v) is 4.58. The highest BCUT2D eigenvalue weighted by Crippen LogP contribution is 2.35. The van der Waals surface area contributed by atoms with E-state index in [0.29, 0.717) is 44.2 Å². The molecule has 1 aromatic heterocycles. The van der Waals surface area contributed by atoms with E-state index in [0.717, 1.165) is 0 Å². The Morgan fingerprint density at radius 1 is 1.37 bits per heavy atom. The molecule has 0 radical (unpaired) electrons. The first kappa shape index (κ1) is 14.1. The molecule has 1 aliphatic heterocycles. The van der Waals surface area contributed by atoms with Gasteiger partial charge in [-0.2, -0.15) is 0 Å². The van der Waals surface area contributed by atoms with Gasteiger partial charge in [-0.05, 0) is 13.8 Å². The fraction of sp³-hybridized carbons (Fsp3) is 0.692. The van der Waals surface area contributed by atoms with E-state index in [2.05, 4.69) is 15.3 Å². The Hall–Kier alpha value is -1.27. The molecule has 1 aromatic rings. The molecule has 1 aliphatic rings. The number of hydrogen-bond acceptors (Lipinski definition) is 5. The topological polar surface area (TPSA) is 56.3 Å². The third kappa shape index (κ3) is 2.69. The van der Waals surface area contributed by atoms with Gasteiger partial charge in [0, 0.05) is 39.7 Å². The fourth-order valence-electron chi connectivity index (χ4n) is 2.34. The molecule has 19 heavy (non-hydrogen) atoms. The van der Waals surface area contributed by atoms with Crippen LogP contribution in [0.25, 0.3) is 0 Å². The third-order valence-corrected chi connectivity index (χ3v) is 3.38. The van der Waals surface area contributed by atoms with Crippen LogP contribution in [0, 0.1) is 12.7 Å². The molecule has 0 atom stereocenters. The number of ether oxygens (including phenoxy) is 2. The zero-order valence-electron chi connectivity index (χ0n) is 11.6. The van der Waals surface area contributed by atoms with Crippen molar-refractivity contribution in [1.82, 2.24) is 9.97 Å². The number of halogens is 1. The van der Waals surface area contributed by atoms with Crippen LogP contribution in [0.1, 0.15) is 31.3 Å². The second kappa shape index (κ2) is 5.79. The maximum absolute atomic E-state index is 13.8.